The number of hydrogen-bond acceptors (Lipinski definition) is 6. The second-order valence-electron chi connectivity index (χ2n) is 6.58. The van der Waals surface area contributed by atoms with E-state index in [0.717, 1.165) is 16.2 Å². The number of amides is 1. The maximum absolute atomic E-state index is 13.3. The van der Waals surface area contributed by atoms with E-state index >= 15 is 0 Å². The molecule has 32 heavy (non-hydrogen) atoms. The molecule has 4 aromatic rings. The summed E-state index contributed by atoms with van der Waals surface area (Å²) in [5, 5.41) is 14.5. The average molecular weight is 460 g/mol. The van der Waals surface area contributed by atoms with Crippen molar-refractivity contribution >= 4 is 45.9 Å². The van der Waals surface area contributed by atoms with Gasteiger partial charge in [0.05, 0.1) is 17.3 Å². The van der Waals surface area contributed by atoms with Crippen LogP contribution < -0.4 is 24.8 Å². The molecule has 0 aliphatic rings. The lowest BCUT2D eigenvalue weighted by Crippen LogP contribution is -2.32. The maximum atomic E-state index is 13.3. The summed E-state index contributed by atoms with van der Waals surface area (Å²) in [4.78, 5) is 27.2. The van der Waals surface area contributed by atoms with E-state index in [9.17, 15) is 14.9 Å². The molecule has 2 heterocycles. The number of nitrogens with zero attached hydrogens (tertiary/aromatic N) is 2. The van der Waals surface area contributed by atoms with Crippen molar-refractivity contribution in [3.05, 3.63) is 96.5 Å². The van der Waals surface area contributed by atoms with Gasteiger partial charge in [0.2, 0.25) is 0 Å². The van der Waals surface area contributed by atoms with Crippen molar-refractivity contribution in [1.82, 2.24) is 4.57 Å². The highest BCUT2D eigenvalue weighted by Gasteiger charge is 2.17. The number of anilines is 1. The van der Waals surface area contributed by atoms with Crippen LogP contribution in [0.2, 0.25) is 0 Å². The zero-order valence-electron chi connectivity index (χ0n) is 16.9. The summed E-state index contributed by atoms with van der Waals surface area (Å²) in [5.41, 5.74) is 0.630. The Labute approximate surface area is 191 Å². The zero-order valence-corrected chi connectivity index (χ0v) is 18.6. The number of methoxy groups -OCH3 is 1. The summed E-state index contributed by atoms with van der Waals surface area (Å²) in [6, 6.07) is 21.6. The Kier molecular flexibility index (Phi) is 6.31. The van der Waals surface area contributed by atoms with E-state index in [1.54, 1.807) is 54.6 Å². The van der Waals surface area contributed by atoms with E-state index in [1.165, 1.54) is 23.0 Å². The summed E-state index contributed by atoms with van der Waals surface area (Å²) >= 11 is 2.62. The fourth-order valence-electron chi connectivity index (χ4n) is 3.05. The smallest absolute Gasteiger partial charge is 0.273 e. The van der Waals surface area contributed by atoms with E-state index in [4.69, 9.17) is 4.74 Å². The van der Waals surface area contributed by atoms with E-state index in [1.807, 2.05) is 29.6 Å². The molecular weight excluding hydrogens is 442 g/mol. The Balaban J connectivity index is 1.92. The van der Waals surface area contributed by atoms with Crippen LogP contribution in [0.1, 0.15) is 4.88 Å². The van der Waals surface area contributed by atoms with Crippen molar-refractivity contribution in [2.45, 2.75) is 0 Å². The normalized spacial score (nSPS) is 12.2. The molecule has 0 saturated carbocycles. The summed E-state index contributed by atoms with van der Waals surface area (Å²) < 4.78 is 7.30. The van der Waals surface area contributed by atoms with Crippen LogP contribution in [0.15, 0.2) is 76.9 Å². The Morgan fingerprint density at radius 1 is 1.12 bits per heavy atom. The lowest BCUT2D eigenvalue weighted by Gasteiger charge is -2.07. The molecule has 0 unspecified atom stereocenters. The van der Waals surface area contributed by atoms with Gasteiger partial charge in [-0.3, -0.25) is 14.2 Å². The van der Waals surface area contributed by atoms with Crippen LogP contribution in [0.5, 0.6) is 5.75 Å². The van der Waals surface area contributed by atoms with Crippen LogP contribution in [0.4, 0.5) is 5.69 Å². The van der Waals surface area contributed by atoms with Crippen molar-refractivity contribution in [2.75, 3.05) is 12.4 Å². The molecule has 0 radical (unpaired) electrons. The van der Waals surface area contributed by atoms with Gasteiger partial charge in [-0.2, -0.15) is 5.26 Å². The molecule has 0 atom stereocenters. The minimum atomic E-state index is -0.602. The molecule has 8 heteroatoms. The first-order valence-electron chi connectivity index (χ1n) is 9.53. The van der Waals surface area contributed by atoms with Crippen LogP contribution >= 0.6 is 22.7 Å². The van der Waals surface area contributed by atoms with Gasteiger partial charge in [0.25, 0.3) is 11.5 Å². The molecular formula is C24H17N3O3S2. The highest BCUT2D eigenvalue weighted by molar-refractivity contribution is 7.11. The van der Waals surface area contributed by atoms with E-state index in [0.29, 0.717) is 21.7 Å². The van der Waals surface area contributed by atoms with Crippen LogP contribution in [0.25, 0.3) is 17.3 Å². The SMILES string of the molecule is COc1cccc(NC(=O)C(C#N)=c2sc(=Cc3cccs3)c(=O)n2-c2ccccc2)c1. The monoisotopic (exact) mass is 459 g/mol. The molecule has 0 aliphatic carbocycles. The van der Waals surface area contributed by atoms with Crippen LogP contribution in [-0.2, 0) is 4.79 Å². The largest absolute Gasteiger partial charge is 0.497 e. The van der Waals surface area contributed by atoms with Gasteiger partial charge < -0.3 is 10.1 Å². The number of thiazole rings is 1. The third kappa shape index (κ3) is 4.39. The summed E-state index contributed by atoms with van der Waals surface area (Å²) in [6.45, 7) is 0. The van der Waals surface area contributed by atoms with Gasteiger partial charge >= 0.3 is 0 Å². The zero-order chi connectivity index (χ0) is 22.5. The number of aromatic nitrogens is 1. The standard InChI is InChI=1S/C24H17N3O3S2/c1-30-18-10-5-7-16(13-18)26-22(28)20(15-25)24-27(17-8-3-2-4-9-17)23(29)21(32-24)14-19-11-6-12-31-19/h2-14H,1H3,(H,26,28). The maximum Gasteiger partial charge on any atom is 0.273 e. The third-order valence-electron chi connectivity index (χ3n) is 4.53. The first kappa shape index (κ1) is 21.3. The van der Waals surface area contributed by atoms with E-state index in [-0.39, 0.29) is 15.8 Å². The third-order valence-corrected chi connectivity index (χ3v) is 6.45. The molecule has 0 bridgehead atoms. The minimum absolute atomic E-state index is 0.149. The molecule has 1 amide bonds. The molecule has 6 nitrogen and oxygen atoms in total. The van der Waals surface area contributed by atoms with Crippen LogP contribution in [0.3, 0.4) is 0 Å². The van der Waals surface area contributed by atoms with Gasteiger partial charge in [0, 0.05) is 16.6 Å². The summed E-state index contributed by atoms with van der Waals surface area (Å²) in [7, 11) is 1.53. The molecule has 0 spiro atoms. The Morgan fingerprint density at radius 2 is 1.94 bits per heavy atom. The van der Waals surface area contributed by atoms with Crippen molar-refractivity contribution < 1.29 is 9.53 Å². The number of ether oxygens (including phenoxy) is 1. The van der Waals surface area contributed by atoms with E-state index in [2.05, 4.69) is 5.32 Å². The molecule has 2 aromatic heterocycles. The van der Waals surface area contributed by atoms with Gasteiger partial charge in [0.1, 0.15) is 16.5 Å². The topological polar surface area (TPSA) is 84.1 Å². The lowest BCUT2D eigenvalue weighted by molar-refractivity contribution is -0.111. The number of benzene rings is 2. The number of rotatable bonds is 5. The highest BCUT2D eigenvalue weighted by atomic mass is 32.1. The van der Waals surface area contributed by atoms with Crippen LogP contribution in [-0.4, -0.2) is 17.6 Å². The molecule has 1 N–H and O–H groups in total. The Morgan fingerprint density at radius 3 is 2.62 bits per heavy atom. The Bertz CT molecular complexity index is 1480. The molecule has 0 aliphatic heterocycles. The van der Waals surface area contributed by atoms with E-state index < -0.39 is 5.91 Å². The second-order valence-corrected chi connectivity index (χ2v) is 8.59. The average Bonchev–Trinajstić information content (AvgIpc) is 3.43. The van der Waals surface area contributed by atoms with Gasteiger partial charge in [0.15, 0.2) is 5.57 Å². The van der Waals surface area contributed by atoms with Gasteiger partial charge in [-0.05, 0) is 41.8 Å². The number of hydrogen-bond donors (Lipinski definition) is 1. The number of nitriles is 1. The molecule has 158 valence electrons. The fraction of sp³-hybridized carbons (Fsp3) is 0.0417. The van der Waals surface area contributed by atoms with Gasteiger partial charge in [-0.1, -0.05) is 30.3 Å². The minimum Gasteiger partial charge on any atom is -0.497 e. The summed E-state index contributed by atoms with van der Waals surface area (Å²) in [6.07, 6.45) is 1.77. The number of nitrogens with one attached hydrogen (secondary N) is 1. The summed E-state index contributed by atoms with van der Waals surface area (Å²) in [5.74, 6) is -0.0270. The van der Waals surface area contributed by atoms with Gasteiger partial charge in [-0.25, -0.2) is 0 Å². The second kappa shape index (κ2) is 9.47. The predicted octanol–water partition coefficient (Wildman–Crippen LogP) is 3.11. The molecule has 0 fully saturated rings. The quantitative estimate of drug-likeness (QED) is 0.497. The molecule has 0 saturated heterocycles. The number of para-hydroxylation sites is 1. The first-order chi connectivity index (χ1) is 15.6. The number of carbonyl (C=O) groups is 1. The predicted molar refractivity (Wildman–Crippen MR) is 128 cm³/mol. The molecule has 4 rings (SSSR count). The van der Waals surface area contributed by atoms with Crippen molar-refractivity contribution in [3.8, 4) is 17.5 Å². The Hall–Kier alpha value is -3.93. The molecule has 2 aromatic carbocycles. The van der Waals surface area contributed by atoms with Crippen LogP contribution in [0, 0.1) is 11.3 Å². The van der Waals surface area contributed by atoms with Crippen molar-refractivity contribution in [3.63, 3.8) is 0 Å². The number of thiophene rings is 1. The lowest BCUT2D eigenvalue weighted by atomic mass is 10.2. The number of carbonyl (C=O) groups excluding carboxylic acids is 1. The van der Waals surface area contributed by atoms with Crippen molar-refractivity contribution in [1.29, 1.82) is 5.26 Å². The van der Waals surface area contributed by atoms with Gasteiger partial charge in [-0.15, -0.1) is 22.7 Å². The van der Waals surface area contributed by atoms with Crippen molar-refractivity contribution in [2.24, 2.45) is 0 Å². The fourth-order valence-corrected chi connectivity index (χ4v) is 4.88. The highest BCUT2D eigenvalue weighted by Crippen LogP contribution is 2.17. The first-order valence-corrected chi connectivity index (χ1v) is 11.2.